The smallest absolute Gasteiger partial charge is 0.246 e. The number of nitrogens with zero attached hydrogens (tertiary/aromatic N) is 1. The van der Waals surface area contributed by atoms with Gasteiger partial charge in [-0.3, -0.25) is 4.79 Å². The van der Waals surface area contributed by atoms with E-state index in [9.17, 15) is 4.79 Å². The molecule has 1 amide bonds. The van der Waals surface area contributed by atoms with Gasteiger partial charge in [0.15, 0.2) is 5.11 Å². The van der Waals surface area contributed by atoms with Gasteiger partial charge in [0.25, 0.3) is 0 Å². The predicted octanol–water partition coefficient (Wildman–Crippen LogP) is 4.50. The molecule has 0 unspecified atom stereocenters. The summed E-state index contributed by atoms with van der Waals surface area (Å²) in [6.45, 7) is 5.37. The first kappa shape index (κ1) is 21.2. The second kappa shape index (κ2) is 10.9. The Morgan fingerprint density at radius 3 is 2.59 bits per heavy atom. The molecule has 4 nitrogen and oxygen atoms in total. The van der Waals surface area contributed by atoms with Gasteiger partial charge in [-0.25, -0.2) is 0 Å². The highest BCUT2D eigenvalue weighted by Gasteiger charge is 2.23. The number of amides is 1. The van der Waals surface area contributed by atoms with Gasteiger partial charge in [-0.15, -0.1) is 0 Å². The van der Waals surface area contributed by atoms with E-state index in [-0.39, 0.29) is 11.9 Å². The zero-order valence-corrected chi connectivity index (χ0v) is 17.3. The van der Waals surface area contributed by atoms with Crippen LogP contribution in [0.25, 0.3) is 0 Å². The average Bonchev–Trinajstić information content (AvgIpc) is 2.66. The van der Waals surface area contributed by atoms with Crippen LogP contribution in [0.1, 0.15) is 25.8 Å². The first-order valence-corrected chi connectivity index (χ1v) is 9.94. The number of rotatable bonds is 8. The molecule has 0 aliphatic heterocycles. The summed E-state index contributed by atoms with van der Waals surface area (Å²) in [5.41, 5.74) is 1.93. The normalized spacial score (nSPS) is 11.5. The molecule has 1 atom stereocenters. The van der Waals surface area contributed by atoms with Gasteiger partial charge in [-0.05, 0) is 55.7 Å². The molecular formula is C21H26ClN3OS. The Labute approximate surface area is 171 Å². The van der Waals surface area contributed by atoms with E-state index < -0.39 is 0 Å². The van der Waals surface area contributed by atoms with Crippen LogP contribution in [-0.2, 0) is 11.2 Å². The molecule has 0 bridgehead atoms. The minimum Gasteiger partial charge on any atom is -0.362 e. The first-order chi connectivity index (χ1) is 13.0. The lowest BCUT2D eigenvalue weighted by molar-refractivity contribution is -0.119. The second-order valence-electron chi connectivity index (χ2n) is 6.34. The van der Waals surface area contributed by atoms with Gasteiger partial charge in [0.2, 0.25) is 5.91 Å². The maximum atomic E-state index is 12.7. The number of halogens is 1. The van der Waals surface area contributed by atoms with Crippen molar-refractivity contribution in [3.8, 4) is 0 Å². The van der Waals surface area contributed by atoms with Crippen LogP contribution in [-0.4, -0.2) is 35.1 Å². The van der Waals surface area contributed by atoms with Crippen LogP contribution in [0.2, 0.25) is 5.02 Å². The molecule has 27 heavy (non-hydrogen) atoms. The van der Waals surface area contributed by atoms with E-state index >= 15 is 0 Å². The summed E-state index contributed by atoms with van der Waals surface area (Å²) in [6.07, 6.45) is 1.78. The summed E-state index contributed by atoms with van der Waals surface area (Å²) in [5.74, 6) is -0.113. The highest BCUT2D eigenvalue weighted by molar-refractivity contribution is 7.80. The molecule has 144 valence electrons. The Balaban J connectivity index is 1.92. The number of carbonyl (C=O) groups excluding carboxylic acids is 1. The lowest BCUT2D eigenvalue weighted by atomic mass is 10.1. The van der Waals surface area contributed by atoms with Crippen molar-refractivity contribution in [2.24, 2.45) is 0 Å². The Hall–Kier alpha value is -2.11. The molecule has 0 aromatic heterocycles. The van der Waals surface area contributed by atoms with Gasteiger partial charge in [-0.1, -0.05) is 54.9 Å². The van der Waals surface area contributed by atoms with Crippen LogP contribution in [0, 0.1) is 0 Å². The minimum atomic E-state index is -0.388. The monoisotopic (exact) mass is 403 g/mol. The van der Waals surface area contributed by atoms with Crippen molar-refractivity contribution >= 4 is 40.5 Å². The maximum absolute atomic E-state index is 12.7. The van der Waals surface area contributed by atoms with Gasteiger partial charge in [0.1, 0.15) is 6.04 Å². The molecular weight excluding hydrogens is 378 g/mol. The molecule has 2 aromatic rings. The fourth-order valence-electron chi connectivity index (χ4n) is 2.73. The summed E-state index contributed by atoms with van der Waals surface area (Å²) < 4.78 is 0. The number of hydrogen-bond acceptors (Lipinski definition) is 2. The SMILES string of the molecule is CCCN(C(=S)NCCc1ccccc1)[C@H](C)C(=O)Nc1cccc(Cl)c1. The standard InChI is InChI=1S/C21H26ClN3OS/c1-3-14-25(21(27)23-13-12-17-8-5-4-6-9-17)16(2)20(26)24-19-11-7-10-18(22)15-19/h4-11,15-16H,3,12-14H2,1-2H3,(H,23,27)(H,24,26)/t16-/m1/s1. The third kappa shape index (κ3) is 6.85. The van der Waals surface area contributed by atoms with E-state index in [4.69, 9.17) is 23.8 Å². The van der Waals surface area contributed by atoms with E-state index in [1.807, 2.05) is 42.2 Å². The number of anilines is 1. The van der Waals surface area contributed by atoms with Crippen LogP contribution in [0.3, 0.4) is 0 Å². The summed E-state index contributed by atoms with van der Waals surface area (Å²) in [4.78, 5) is 14.6. The molecule has 2 aromatic carbocycles. The predicted molar refractivity (Wildman–Crippen MR) is 117 cm³/mol. The highest BCUT2D eigenvalue weighted by atomic mass is 35.5. The molecule has 0 aliphatic rings. The third-order valence-corrected chi connectivity index (χ3v) is 4.81. The van der Waals surface area contributed by atoms with E-state index in [1.54, 1.807) is 12.1 Å². The van der Waals surface area contributed by atoms with Gasteiger partial charge < -0.3 is 15.5 Å². The Kier molecular flexibility index (Phi) is 8.55. The van der Waals surface area contributed by atoms with Crippen molar-refractivity contribution in [2.45, 2.75) is 32.7 Å². The highest BCUT2D eigenvalue weighted by Crippen LogP contribution is 2.16. The Morgan fingerprint density at radius 1 is 1.19 bits per heavy atom. The molecule has 0 heterocycles. The first-order valence-electron chi connectivity index (χ1n) is 9.16. The number of thiocarbonyl (C=S) groups is 1. The van der Waals surface area contributed by atoms with Crippen LogP contribution in [0.5, 0.6) is 0 Å². The summed E-state index contributed by atoms with van der Waals surface area (Å²) in [6, 6.07) is 17.0. The fourth-order valence-corrected chi connectivity index (χ4v) is 3.27. The molecule has 0 fully saturated rings. The Morgan fingerprint density at radius 2 is 1.93 bits per heavy atom. The number of nitrogens with one attached hydrogen (secondary N) is 2. The van der Waals surface area contributed by atoms with Crippen molar-refractivity contribution < 1.29 is 4.79 Å². The van der Waals surface area contributed by atoms with Gasteiger partial charge >= 0.3 is 0 Å². The summed E-state index contributed by atoms with van der Waals surface area (Å²) in [5, 5.41) is 7.37. The second-order valence-corrected chi connectivity index (χ2v) is 7.16. The number of benzene rings is 2. The number of carbonyl (C=O) groups is 1. The molecule has 2 rings (SSSR count). The largest absolute Gasteiger partial charge is 0.362 e. The molecule has 0 saturated carbocycles. The van der Waals surface area contributed by atoms with Crippen molar-refractivity contribution in [1.29, 1.82) is 0 Å². The maximum Gasteiger partial charge on any atom is 0.246 e. The molecule has 2 N–H and O–H groups in total. The van der Waals surface area contributed by atoms with Crippen molar-refractivity contribution in [1.82, 2.24) is 10.2 Å². The lowest BCUT2D eigenvalue weighted by Crippen LogP contribution is -2.50. The molecule has 0 spiro atoms. The lowest BCUT2D eigenvalue weighted by Gasteiger charge is -2.30. The molecule has 0 saturated heterocycles. The van der Waals surface area contributed by atoms with E-state index in [0.29, 0.717) is 22.4 Å². The van der Waals surface area contributed by atoms with E-state index in [0.717, 1.165) is 19.4 Å². The Bertz CT molecular complexity index is 754. The molecule has 6 heteroatoms. The summed E-state index contributed by atoms with van der Waals surface area (Å²) >= 11 is 11.5. The molecule has 0 radical (unpaired) electrons. The minimum absolute atomic E-state index is 0.113. The average molecular weight is 404 g/mol. The summed E-state index contributed by atoms with van der Waals surface area (Å²) in [7, 11) is 0. The van der Waals surface area contributed by atoms with Crippen molar-refractivity contribution in [3.05, 3.63) is 65.2 Å². The van der Waals surface area contributed by atoms with Crippen molar-refractivity contribution in [3.63, 3.8) is 0 Å². The van der Waals surface area contributed by atoms with Gasteiger partial charge in [0, 0.05) is 23.8 Å². The van der Waals surface area contributed by atoms with E-state index in [2.05, 4.69) is 29.7 Å². The van der Waals surface area contributed by atoms with Crippen LogP contribution in [0.4, 0.5) is 5.69 Å². The van der Waals surface area contributed by atoms with Gasteiger partial charge in [0.05, 0.1) is 0 Å². The van der Waals surface area contributed by atoms with Crippen LogP contribution < -0.4 is 10.6 Å². The zero-order valence-electron chi connectivity index (χ0n) is 15.7. The van der Waals surface area contributed by atoms with Crippen LogP contribution >= 0.6 is 23.8 Å². The topological polar surface area (TPSA) is 44.4 Å². The quantitative estimate of drug-likeness (QED) is 0.637. The van der Waals surface area contributed by atoms with Crippen LogP contribution in [0.15, 0.2) is 54.6 Å². The van der Waals surface area contributed by atoms with Crippen molar-refractivity contribution in [2.75, 3.05) is 18.4 Å². The third-order valence-electron chi connectivity index (χ3n) is 4.20. The van der Waals surface area contributed by atoms with Gasteiger partial charge in [-0.2, -0.15) is 0 Å². The number of hydrogen-bond donors (Lipinski definition) is 2. The van der Waals surface area contributed by atoms with E-state index in [1.165, 1.54) is 5.56 Å². The molecule has 0 aliphatic carbocycles. The zero-order chi connectivity index (χ0) is 19.6. The fraction of sp³-hybridized carbons (Fsp3) is 0.333.